The zero-order valence-corrected chi connectivity index (χ0v) is 13.7. The van der Waals surface area contributed by atoms with E-state index >= 15 is 0 Å². The van der Waals surface area contributed by atoms with Gasteiger partial charge in [-0.1, -0.05) is 0 Å². The number of rotatable bonds is 4. The zero-order chi connectivity index (χ0) is 16.5. The van der Waals surface area contributed by atoms with Crippen molar-refractivity contribution in [2.24, 2.45) is 0 Å². The molecule has 0 spiro atoms. The van der Waals surface area contributed by atoms with Crippen LogP contribution in [0.2, 0.25) is 0 Å². The first-order valence-corrected chi connectivity index (χ1v) is 7.84. The highest BCUT2D eigenvalue weighted by Gasteiger charge is 2.13. The molecule has 3 aromatic rings. The smallest absolute Gasteiger partial charge is 0.189 e. The highest BCUT2D eigenvalue weighted by molar-refractivity contribution is 6.09. The number of halogens is 1. The Balaban J connectivity index is 1.76. The molecule has 0 saturated heterocycles. The van der Waals surface area contributed by atoms with E-state index in [-0.39, 0.29) is 0 Å². The number of hydrogen-bond donors (Lipinski definition) is 2. The van der Waals surface area contributed by atoms with Gasteiger partial charge in [0.25, 0.3) is 0 Å². The number of ether oxygens (including phenoxy) is 1. The molecule has 7 heteroatoms. The molecule has 24 heavy (non-hydrogen) atoms. The summed E-state index contributed by atoms with van der Waals surface area (Å²) < 4.78 is 10.1. The molecule has 0 fully saturated rings. The average Bonchev–Trinajstić information content (AvgIpc) is 3.08. The second-order valence-corrected chi connectivity index (χ2v) is 5.65. The van der Waals surface area contributed by atoms with Gasteiger partial charge in [-0.25, -0.2) is 9.97 Å². The molecule has 0 bridgehead atoms. The summed E-state index contributed by atoms with van der Waals surface area (Å²) in [5.41, 5.74) is 4.20. The minimum absolute atomic E-state index is 0.419. The van der Waals surface area contributed by atoms with Crippen LogP contribution in [-0.2, 0) is 6.42 Å². The number of aromatic nitrogens is 2. The van der Waals surface area contributed by atoms with Crippen molar-refractivity contribution < 1.29 is 9.03 Å². The predicted molar refractivity (Wildman–Crippen MR) is 94.5 cm³/mol. The first-order valence-electron chi connectivity index (χ1n) is 7.53. The zero-order valence-electron chi connectivity index (χ0n) is 13.0. The van der Waals surface area contributed by atoms with E-state index in [1.165, 1.54) is 17.6 Å². The van der Waals surface area contributed by atoms with Crippen molar-refractivity contribution in [3.05, 3.63) is 42.2 Å². The van der Waals surface area contributed by atoms with Crippen molar-refractivity contribution in [2.45, 2.75) is 6.42 Å². The largest absolute Gasteiger partial charge is 0.493 e. The Kier molecular flexibility index (Phi) is 3.74. The maximum atomic E-state index is 5.54. The van der Waals surface area contributed by atoms with Gasteiger partial charge in [-0.2, -0.15) is 0 Å². The lowest BCUT2D eigenvalue weighted by Crippen LogP contribution is -1.97. The van der Waals surface area contributed by atoms with Gasteiger partial charge in [0.2, 0.25) is 0 Å². The van der Waals surface area contributed by atoms with Gasteiger partial charge in [-0.15, -0.1) is 0 Å². The SMILES string of the molecule is COc1cc2ncnc(Nc3ccc4c(c3)CCN4)c2cc1OCl. The molecule has 2 heterocycles. The lowest BCUT2D eigenvalue weighted by molar-refractivity contribution is 0.398. The van der Waals surface area contributed by atoms with Crippen molar-refractivity contribution in [3.8, 4) is 11.5 Å². The van der Waals surface area contributed by atoms with E-state index in [4.69, 9.17) is 20.9 Å². The number of hydrogen-bond acceptors (Lipinski definition) is 6. The Bertz CT molecular complexity index is 916. The van der Waals surface area contributed by atoms with Crippen LogP contribution in [-0.4, -0.2) is 23.6 Å². The van der Waals surface area contributed by atoms with Crippen LogP contribution in [0.5, 0.6) is 11.5 Å². The summed E-state index contributed by atoms with van der Waals surface area (Å²) in [6.07, 6.45) is 2.54. The van der Waals surface area contributed by atoms with Crippen LogP contribution in [0.25, 0.3) is 10.9 Å². The van der Waals surface area contributed by atoms with Gasteiger partial charge < -0.3 is 19.7 Å². The average molecular weight is 343 g/mol. The molecule has 0 atom stereocenters. The molecule has 2 N–H and O–H groups in total. The van der Waals surface area contributed by atoms with E-state index in [0.29, 0.717) is 17.3 Å². The molecule has 0 aliphatic carbocycles. The second kappa shape index (κ2) is 6.05. The summed E-state index contributed by atoms with van der Waals surface area (Å²) in [6.45, 7) is 0.978. The van der Waals surface area contributed by atoms with Crippen LogP contribution in [0.4, 0.5) is 17.2 Å². The fraction of sp³-hybridized carbons (Fsp3) is 0.176. The Morgan fingerprint density at radius 1 is 1.17 bits per heavy atom. The molecule has 1 aromatic heterocycles. The standard InChI is InChI=1S/C17H15ClN4O2/c1-23-15-8-14-12(7-16(15)24-18)17(21-9-20-14)22-11-2-3-13-10(6-11)4-5-19-13/h2-3,6-9,19H,4-5H2,1H3,(H,20,21,22). The van der Waals surface area contributed by atoms with Crippen LogP contribution in [0.15, 0.2) is 36.7 Å². The van der Waals surface area contributed by atoms with Gasteiger partial charge in [0.15, 0.2) is 11.5 Å². The number of fused-ring (bicyclic) bond motifs is 2. The van der Waals surface area contributed by atoms with Gasteiger partial charge in [0.05, 0.1) is 12.6 Å². The van der Waals surface area contributed by atoms with Crippen LogP contribution < -0.4 is 19.7 Å². The molecule has 6 nitrogen and oxygen atoms in total. The monoisotopic (exact) mass is 342 g/mol. The Morgan fingerprint density at radius 3 is 2.92 bits per heavy atom. The second-order valence-electron chi connectivity index (χ2n) is 5.49. The first kappa shape index (κ1) is 14.8. The lowest BCUT2D eigenvalue weighted by atomic mass is 10.1. The van der Waals surface area contributed by atoms with Crippen LogP contribution in [0, 0.1) is 0 Å². The van der Waals surface area contributed by atoms with Crippen LogP contribution >= 0.6 is 11.9 Å². The molecule has 2 aromatic carbocycles. The summed E-state index contributed by atoms with van der Waals surface area (Å²) in [4.78, 5) is 8.63. The van der Waals surface area contributed by atoms with E-state index in [1.54, 1.807) is 19.2 Å². The van der Waals surface area contributed by atoms with Crippen molar-refractivity contribution in [1.29, 1.82) is 0 Å². The molecular formula is C17H15ClN4O2. The topological polar surface area (TPSA) is 68.3 Å². The predicted octanol–water partition coefficient (Wildman–Crippen LogP) is 3.88. The summed E-state index contributed by atoms with van der Waals surface area (Å²) in [7, 11) is 1.56. The Morgan fingerprint density at radius 2 is 2.08 bits per heavy atom. The maximum Gasteiger partial charge on any atom is 0.189 e. The number of nitrogens with zero attached hydrogens (tertiary/aromatic N) is 2. The lowest BCUT2D eigenvalue weighted by Gasteiger charge is -2.12. The fourth-order valence-corrected chi connectivity index (χ4v) is 3.02. The van der Waals surface area contributed by atoms with Crippen LogP contribution in [0.1, 0.15) is 5.56 Å². The van der Waals surface area contributed by atoms with Crippen molar-refractivity contribution in [3.63, 3.8) is 0 Å². The van der Waals surface area contributed by atoms with Crippen molar-refractivity contribution in [2.75, 3.05) is 24.3 Å². The van der Waals surface area contributed by atoms with Crippen LogP contribution in [0.3, 0.4) is 0 Å². The quantitative estimate of drug-likeness (QED) is 0.750. The molecule has 0 radical (unpaired) electrons. The first-order chi connectivity index (χ1) is 11.8. The molecule has 1 aliphatic heterocycles. The van der Waals surface area contributed by atoms with E-state index in [0.717, 1.165) is 29.6 Å². The number of methoxy groups -OCH3 is 1. The molecule has 4 rings (SSSR count). The normalized spacial score (nSPS) is 12.6. The van der Waals surface area contributed by atoms with Gasteiger partial charge in [-0.05, 0) is 36.2 Å². The molecule has 0 unspecified atom stereocenters. The Hall–Kier alpha value is -2.73. The third-order valence-electron chi connectivity index (χ3n) is 4.08. The molecule has 0 saturated carbocycles. The third kappa shape index (κ3) is 2.55. The molecule has 1 aliphatic rings. The van der Waals surface area contributed by atoms with Crippen molar-refractivity contribution >= 4 is 40.0 Å². The summed E-state index contributed by atoms with van der Waals surface area (Å²) >= 11 is 5.54. The van der Waals surface area contributed by atoms with Gasteiger partial charge in [0, 0.05) is 29.4 Å². The maximum absolute atomic E-state index is 5.54. The number of anilines is 3. The summed E-state index contributed by atoms with van der Waals surface area (Å²) in [5, 5.41) is 7.50. The number of nitrogens with one attached hydrogen (secondary N) is 2. The molecular weight excluding hydrogens is 328 g/mol. The third-order valence-corrected chi connectivity index (χ3v) is 4.25. The van der Waals surface area contributed by atoms with E-state index in [9.17, 15) is 0 Å². The van der Waals surface area contributed by atoms with Gasteiger partial charge >= 0.3 is 0 Å². The minimum Gasteiger partial charge on any atom is -0.493 e. The fourth-order valence-electron chi connectivity index (χ4n) is 2.90. The Labute approximate surface area is 144 Å². The summed E-state index contributed by atoms with van der Waals surface area (Å²) in [5.74, 6) is 1.62. The highest BCUT2D eigenvalue weighted by Crippen LogP contribution is 2.35. The van der Waals surface area contributed by atoms with Gasteiger partial charge in [0.1, 0.15) is 24.0 Å². The molecule has 122 valence electrons. The van der Waals surface area contributed by atoms with E-state index < -0.39 is 0 Å². The van der Waals surface area contributed by atoms with Gasteiger partial charge in [-0.3, -0.25) is 0 Å². The number of benzene rings is 2. The van der Waals surface area contributed by atoms with E-state index in [2.05, 4.69) is 32.7 Å². The summed E-state index contributed by atoms with van der Waals surface area (Å²) in [6, 6.07) is 9.76. The van der Waals surface area contributed by atoms with Crippen molar-refractivity contribution in [1.82, 2.24) is 9.97 Å². The molecule has 0 amide bonds. The van der Waals surface area contributed by atoms with E-state index in [1.807, 2.05) is 6.07 Å². The highest BCUT2D eigenvalue weighted by atomic mass is 35.5. The minimum atomic E-state index is 0.419.